The van der Waals surface area contributed by atoms with Crippen LogP contribution in [0.4, 0.5) is 5.69 Å². The Kier molecular flexibility index (Phi) is 3.56. The highest BCUT2D eigenvalue weighted by molar-refractivity contribution is 5.70. The van der Waals surface area contributed by atoms with Gasteiger partial charge in [0.15, 0.2) is 6.29 Å². The summed E-state index contributed by atoms with van der Waals surface area (Å²) in [6, 6.07) is 4.37. The fourth-order valence-electron chi connectivity index (χ4n) is 1.72. The molecule has 0 saturated heterocycles. The number of carbonyl (C=O) groups excluding carboxylic acids is 1. The van der Waals surface area contributed by atoms with Crippen LogP contribution in [0.1, 0.15) is 16.1 Å². The highest BCUT2D eigenvalue weighted by atomic mass is 16.6. The van der Waals surface area contributed by atoms with E-state index in [1.165, 1.54) is 25.6 Å². The Bertz CT molecular complexity index is 621. The van der Waals surface area contributed by atoms with Crippen LogP contribution in [0.3, 0.4) is 0 Å². The van der Waals surface area contributed by atoms with Crippen LogP contribution in [-0.4, -0.2) is 27.9 Å². The number of carbonyl (C=O) groups is 1. The molecular weight excluding hydrogens is 250 g/mol. The zero-order chi connectivity index (χ0) is 13.8. The molecule has 1 heterocycles. The molecular formula is C12H11N3O4. The molecule has 0 spiro atoms. The number of aldehydes is 1. The Morgan fingerprint density at radius 1 is 1.53 bits per heavy atom. The van der Waals surface area contributed by atoms with Gasteiger partial charge in [0.2, 0.25) is 0 Å². The average molecular weight is 261 g/mol. The van der Waals surface area contributed by atoms with E-state index in [-0.39, 0.29) is 5.69 Å². The van der Waals surface area contributed by atoms with Crippen LogP contribution < -0.4 is 4.74 Å². The highest BCUT2D eigenvalue weighted by Crippen LogP contribution is 2.24. The van der Waals surface area contributed by atoms with Crippen molar-refractivity contribution in [3.63, 3.8) is 0 Å². The number of nitrogens with zero attached hydrogens (tertiary/aromatic N) is 3. The Morgan fingerprint density at radius 2 is 2.32 bits per heavy atom. The molecule has 2 rings (SSSR count). The van der Waals surface area contributed by atoms with Crippen LogP contribution in [0.2, 0.25) is 0 Å². The summed E-state index contributed by atoms with van der Waals surface area (Å²) in [5, 5.41) is 10.8. The van der Waals surface area contributed by atoms with Crippen LogP contribution in [0.5, 0.6) is 5.75 Å². The van der Waals surface area contributed by atoms with Gasteiger partial charge < -0.3 is 9.30 Å². The number of benzene rings is 1. The largest absolute Gasteiger partial charge is 0.496 e. The molecule has 0 radical (unpaired) electrons. The van der Waals surface area contributed by atoms with Crippen molar-refractivity contribution in [2.75, 3.05) is 7.11 Å². The van der Waals surface area contributed by atoms with E-state index in [1.54, 1.807) is 16.8 Å². The molecule has 0 N–H and O–H groups in total. The molecule has 1 aromatic heterocycles. The number of non-ortho nitro benzene ring substituents is 1. The summed E-state index contributed by atoms with van der Waals surface area (Å²) in [6.07, 6.45) is 3.69. The Labute approximate surface area is 108 Å². The van der Waals surface area contributed by atoms with E-state index in [9.17, 15) is 14.9 Å². The topological polar surface area (TPSA) is 87.3 Å². The summed E-state index contributed by atoms with van der Waals surface area (Å²) in [7, 11) is 1.50. The van der Waals surface area contributed by atoms with E-state index in [0.29, 0.717) is 29.8 Å². The van der Waals surface area contributed by atoms with Crippen molar-refractivity contribution in [1.82, 2.24) is 9.55 Å². The zero-order valence-corrected chi connectivity index (χ0v) is 10.1. The summed E-state index contributed by atoms with van der Waals surface area (Å²) < 4.78 is 6.82. The molecule has 1 aromatic carbocycles. The van der Waals surface area contributed by atoms with E-state index in [2.05, 4.69) is 4.98 Å². The van der Waals surface area contributed by atoms with Gasteiger partial charge >= 0.3 is 0 Å². The van der Waals surface area contributed by atoms with Gasteiger partial charge in [-0.25, -0.2) is 4.98 Å². The molecule has 0 fully saturated rings. The van der Waals surface area contributed by atoms with E-state index >= 15 is 0 Å². The Hall–Kier alpha value is -2.70. The number of hydrogen-bond acceptors (Lipinski definition) is 5. The summed E-state index contributed by atoms with van der Waals surface area (Å²) >= 11 is 0. The fraction of sp³-hybridized carbons (Fsp3) is 0.167. The minimum Gasteiger partial charge on any atom is -0.496 e. The van der Waals surface area contributed by atoms with Gasteiger partial charge in [-0.1, -0.05) is 0 Å². The van der Waals surface area contributed by atoms with Crippen LogP contribution in [0, 0.1) is 10.1 Å². The number of rotatable bonds is 5. The molecule has 0 bridgehead atoms. The van der Waals surface area contributed by atoms with Gasteiger partial charge in [-0.3, -0.25) is 14.9 Å². The lowest BCUT2D eigenvalue weighted by Gasteiger charge is -2.08. The molecule has 19 heavy (non-hydrogen) atoms. The van der Waals surface area contributed by atoms with Gasteiger partial charge in [0.25, 0.3) is 5.69 Å². The van der Waals surface area contributed by atoms with Crippen LogP contribution in [0.15, 0.2) is 30.7 Å². The lowest BCUT2D eigenvalue weighted by atomic mass is 10.1. The van der Waals surface area contributed by atoms with Crippen LogP contribution >= 0.6 is 0 Å². The van der Waals surface area contributed by atoms with Gasteiger partial charge in [0.05, 0.1) is 24.9 Å². The average Bonchev–Trinajstić information content (AvgIpc) is 2.86. The van der Waals surface area contributed by atoms with Crippen molar-refractivity contribution in [3.05, 3.63) is 52.1 Å². The number of imidazole rings is 1. The first-order valence-corrected chi connectivity index (χ1v) is 5.42. The fourth-order valence-corrected chi connectivity index (χ4v) is 1.72. The van der Waals surface area contributed by atoms with Gasteiger partial charge in [0.1, 0.15) is 11.4 Å². The lowest BCUT2D eigenvalue weighted by Crippen LogP contribution is -2.01. The van der Waals surface area contributed by atoms with Gasteiger partial charge in [0, 0.05) is 23.9 Å². The summed E-state index contributed by atoms with van der Waals surface area (Å²) in [6.45, 7) is 0.339. The minimum atomic E-state index is -0.465. The third-order valence-electron chi connectivity index (χ3n) is 2.60. The molecule has 0 aliphatic carbocycles. The lowest BCUT2D eigenvalue weighted by molar-refractivity contribution is -0.384. The Balaban J connectivity index is 2.33. The second kappa shape index (κ2) is 5.30. The third-order valence-corrected chi connectivity index (χ3v) is 2.60. The van der Waals surface area contributed by atoms with E-state index in [0.717, 1.165) is 0 Å². The number of nitro groups is 1. The number of nitro benzene ring substituents is 1. The molecule has 0 aliphatic rings. The van der Waals surface area contributed by atoms with Gasteiger partial charge in [-0.15, -0.1) is 0 Å². The van der Waals surface area contributed by atoms with E-state index in [4.69, 9.17) is 4.74 Å². The number of aromatic nitrogens is 2. The first-order valence-electron chi connectivity index (χ1n) is 5.42. The standard InChI is InChI=1S/C12H11N3O4/c1-19-12-3-2-11(15(17)18)4-9(12)5-14-6-10(7-16)13-8-14/h2-4,6-8H,5H2,1H3. The van der Waals surface area contributed by atoms with Crippen LogP contribution in [0.25, 0.3) is 0 Å². The van der Waals surface area contributed by atoms with Crippen molar-refractivity contribution in [3.8, 4) is 5.75 Å². The molecule has 2 aromatic rings. The van der Waals surface area contributed by atoms with Crippen molar-refractivity contribution >= 4 is 12.0 Å². The number of hydrogen-bond donors (Lipinski definition) is 0. The van der Waals surface area contributed by atoms with Gasteiger partial charge in [-0.05, 0) is 6.07 Å². The maximum absolute atomic E-state index is 10.8. The monoisotopic (exact) mass is 261 g/mol. The number of methoxy groups -OCH3 is 1. The van der Waals surface area contributed by atoms with Crippen molar-refractivity contribution in [1.29, 1.82) is 0 Å². The summed E-state index contributed by atoms with van der Waals surface area (Å²) in [4.78, 5) is 24.7. The minimum absolute atomic E-state index is 0.00785. The van der Waals surface area contributed by atoms with E-state index < -0.39 is 4.92 Å². The first-order chi connectivity index (χ1) is 9.13. The second-order valence-electron chi connectivity index (χ2n) is 3.84. The quantitative estimate of drug-likeness (QED) is 0.464. The molecule has 0 saturated carbocycles. The molecule has 0 aliphatic heterocycles. The maximum atomic E-state index is 10.8. The molecule has 7 nitrogen and oxygen atoms in total. The highest BCUT2D eigenvalue weighted by Gasteiger charge is 2.12. The number of ether oxygens (including phenoxy) is 1. The molecule has 98 valence electrons. The molecule has 0 amide bonds. The van der Waals surface area contributed by atoms with Gasteiger partial charge in [-0.2, -0.15) is 0 Å². The van der Waals surface area contributed by atoms with Crippen molar-refractivity contribution in [2.45, 2.75) is 6.54 Å². The summed E-state index contributed by atoms with van der Waals surface area (Å²) in [5.41, 5.74) is 0.947. The Morgan fingerprint density at radius 3 is 2.89 bits per heavy atom. The first kappa shape index (κ1) is 12.7. The van der Waals surface area contributed by atoms with Crippen LogP contribution in [-0.2, 0) is 6.54 Å². The molecule has 7 heteroatoms. The third kappa shape index (κ3) is 2.76. The zero-order valence-electron chi connectivity index (χ0n) is 10.1. The molecule has 0 unspecified atom stereocenters. The maximum Gasteiger partial charge on any atom is 0.270 e. The second-order valence-corrected chi connectivity index (χ2v) is 3.84. The predicted molar refractivity (Wildman–Crippen MR) is 66.4 cm³/mol. The predicted octanol–water partition coefficient (Wildman–Crippen LogP) is 1.66. The normalized spacial score (nSPS) is 10.2. The van der Waals surface area contributed by atoms with E-state index in [1.807, 2.05) is 0 Å². The smallest absolute Gasteiger partial charge is 0.270 e. The summed E-state index contributed by atoms with van der Waals surface area (Å²) in [5.74, 6) is 0.548. The SMILES string of the molecule is COc1ccc([N+](=O)[O-])cc1Cn1cnc(C=O)c1. The van der Waals surface area contributed by atoms with Crippen molar-refractivity contribution < 1.29 is 14.5 Å². The van der Waals surface area contributed by atoms with Crippen molar-refractivity contribution in [2.24, 2.45) is 0 Å². The molecule has 0 atom stereocenters.